The van der Waals surface area contributed by atoms with Crippen LogP contribution in [0.3, 0.4) is 0 Å². The lowest BCUT2D eigenvalue weighted by Crippen LogP contribution is -2.71. The molecule has 20 heteroatoms. The Morgan fingerprint density at radius 1 is 1.31 bits per heavy atom. The summed E-state index contributed by atoms with van der Waals surface area (Å²) in [6.07, 6.45) is 2.13. The van der Waals surface area contributed by atoms with Crippen LogP contribution in [0, 0.1) is 0 Å². The van der Waals surface area contributed by atoms with Gasteiger partial charge in [0.1, 0.15) is 27.1 Å². The molecule has 0 aromatic carbocycles. The number of amides is 2. The number of nitrogens with zero attached hydrogens (tertiary/aromatic N) is 6. The van der Waals surface area contributed by atoms with E-state index in [2.05, 4.69) is 25.8 Å². The zero-order valence-corrected chi connectivity index (χ0v) is 26.1. The Balaban J connectivity index is 1.36. The molecular weight excluding hydrogens is 652 g/mol. The molecule has 8 N–H and O–H groups in total. The number of anilines is 2. The number of fused-ring (bicyclic) bond motifs is 2. The number of nitrogens with two attached hydrogens (primary N) is 2. The Labute approximate surface area is 267 Å². The number of carbonyl (C=O) groups is 4. The summed E-state index contributed by atoms with van der Waals surface area (Å²) in [5.74, 6) is -3.62. The van der Waals surface area contributed by atoms with Crippen molar-refractivity contribution in [2.75, 3.05) is 30.8 Å². The third kappa shape index (κ3) is 6.23. The summed E-state index contributed by atoms with van der Waals surface area (Å²) in [7, 11) is 1.84. The van der Waals surface area contributed by atoms with E-state index in [1.807, 2.05) is 17.7 Å². The summed E-state index contributed by atoms with van der Waals surface area (Å²) in [5, 5.41) is 27.8. The van der Waals surface area contributed by atoms with E-state index in [0.29, 0.717) is 30.1 Å². The van der Waals surface area contributed by atoms with Gasteiger partial charge in [-0.05, 0) is 14.0 Å². The molecule has 1 unspecified atom stereocenters. The first-order valence-electron chi connectivity index (χ1n) is 13.3. The number of pyridine rings is 1. The second-order valence-electron chi connectivity index (χ2n) is 9.93. The van der Waals surface area contributed by atoms with Crippen molar-refractivity contribution in [2.24, 2.45) is 5.16 Å². The summed E-state index contributed by atoms with van der Waals surface area (Å²) < 4.78 is 3.63. The average Bonchev–Trinajstić information content (AvgIpc) is 3.49. The van der Waals surface area contributed by atoms with Crippen LogP contribution < -0.4 is 26.7 Å². The molecule has 2 amide bonds. The first-order valence-corrected chi connectivity index (χ1v) is 15.5. The third-order valence-corrected chi connectivity index (χ3v) is 9.39. The number of thioether (sulfide) groups is 1. The van der Waals surface area contributed by atoms with Crippen molar-refractivity contribution in [3.63, 3.8) is 0 Å². The molecule has 0 radical (unpaired) electrons. The first-order chi connectivity index (χ1) is 21.4. The maximum Gasteiger partial charge on any atom is 0.352 e. The van der Waals surface area contributed by atoms with Gasteiger partial charge < -0.3 is 41.7 Å². The predicted molar refractivity (Wildman–Crippen MR) is 164 cm³/mol. The molecule has 1 fully saturated rings. The molecule has 5 rings (SSSR count). The van der Waals surface area contributed by atoms with Crippen molar-refractivity contribution in [3.8, 4) is 0 Å². The molecule has 0 spiro atoms. The predicted octanol–water partition coefficient (Wildman–Crippen LogP) is -0.550. The molecule has 0 aliphatic carbocycles. The smallest absolute Gasteiger partial charge is 0.352 e. The molecule has 3 aromatic heterocycles. The second kappa shape index (κ2) is 12.9. The number of β-lactam (4-membered cyclic amide) rings is 1. The average molecular weight is 680 g/mol. The molecule has 0 bridgehead atoms. The molecular formula is C25H28ClN10O7S2+. The maximum absolute atomic E-state index is 13.3. The highest BCUT2D eigenvalue weighted by Crippen LogP contribution is 2.40. The molecule has 238 valence electrons. The van der Waals surface area contributed by atoms with Gasteiger partial charge >= 0.3 is 11.9 Å². The van der Waals surface area contributed by atoms with E-state index in [1.54, 1.807) is 17.0 Å². The van der Waals surface area contributed by atoms with Gasteiger partial charge in [-0.15, -0.1) is 11.8 Å². The van der Waals surface area contributed by atoms with Gasteiger partial charge in [0.25, 0.3) is 11.8 Å². The van der Waals surface area contributed by atoms with Gasteiger partial charge in [0, 0.05) is 30.5 Å². The minimum atomic E-state index is -1.41. The van der Waals surface area contributed by atoms with Crippen molar-refractivity contribution in [1.29, 1.82) is 0 Å². The summed E-state index contributed by atoms with van der Waals surface area (Å²) >= 11 is 8.29. The van der Waals surface area contributed by atoms with Gasteiger partial charge in [0.2, 0.25) is 12.1 Å². The lowest BCUT2D eigenvalue weighted by atomic mass is 10.0. The van der Waals surface area contributed by atoms with E-state index >= 15 is 0 Å². The number of carbonyl (C=O) groups excluding carboxylic acids is 2. The van der Waals surface area contributed by atoms with Gasteiger partial charge in [0.05, 0.1) is 5.52 Å². The molecule has 5 heterocycles. The molecule has 1 saturated heterocycles. The Hall–Kier alpha value is -4.46. The van der Waals surface area contributed by atoms with Crippen LogP contribution >= 0.6 is 34.7 Å². The number of likely N-dealkylation sites (N-methyl/N-ethyl adjacent to an activating group) is 1. The Morgan fingerprint density at radius 2 is 2.07 bits per heavy atom. The molecule has 2 aliphatic heterocycles. The summed E-state index contributed by atoms with van der Waals surface area (Å²) in [4.78, 5) is 64.6. The van der Waals surface area contributed by atoms with Gasteiger partial charge in [0.15, 0.2) is 35.3 Å². The molecule has 45 heavy (non-hydrogen) atoms. The number of oxime groups is 1. The lowest BCUT2D eigenvalue weighted by Gasteiger charge is -2.49. The van der Waals surface area contributed by atoms with E-state index in [1.165, 1.54) is 18.7 Å². The highest BCUT2D eigenvalue weighted by molar-refractivity contribution is 8.00. The largest absolute Gasteiger partial charge is 0.478 e. The number of nitrogen functional groups attached to an aromatic ring is 2. The summed E-state index contributed by atoms with van der Waals surface area (Å²) in [6.45, 7) is 2.69. The van der Waals surface area contributed by atoms with Crippen LogP contribution in [0.4, 0.5) is 11.1 Å². The van der Waals surface area contributed by atoms with E-state index in [0.717, 1.165) is 21.8 Å². The Morgan fingerprint density at radius 3 is 2.71 bits per heavy atom. The minimum Gasteiger partial charge on any atom is -0.478 e. The maximum atomic E-state index is 13.3. The second-order valence-corrected chi connectivity index (χ2v) is 12.7. The quantitative estimate of drug-likeness (QED) is 0.0610. The van der Waals surface area contributed by atoms with Crippen LogP contribution in [0.25, 0.3) is 11.0 Å². The van der Waals surface area contributed by atoms with Crippen LogP contribution in [0.5, 0.6) is 0 Å². The number of nitrogens with one attached hydrogen (secondary N) is 2. The molecule has 3 atom stereocenters. The zero-order valence-electron chi connectivity index (χ0n) is 23.8. The number of aliphatic carboxylic acids is 2. The molecule has 2 aliphatic rings. The van der Waals surface area contributed by atoms with Crippen molar-refractivity contribution in [1.82, 2.24) is 30.1 Å². The number of imidazole rings is 1. The minimum absolute atomic E-state index is 0.00886. The summed E-state index contributed by atoms with van der Waals surface area (Å²) in [5.41, 5.74) is 12.9. The highest BCUT2D eigenvalue weighted by atomic mass is 35.5. The number of thiazole rings is 1. The van der Waals surface area contributed by atoms with Crippen molar-refractivity contribution in [2.45, 2.75) is 37.5 Å². The zero-order chi connectivity index (χ0) is 32.6. The first kappa shape index (κ1) is 31.9. The van der Waals surface area contributed by atoms with Gasteiger partial charge in [-0.1, -0.05) is 28.1 Å². The number of halogens is 1. The van der Waals surface area contributed by atoms with Crippen LogP contribution in [0.15, 0.2) is 34.9 Å². The van der Waals surface area contributed by atoms with E-state index in [-0.39, 0.29) is 33.2 Å². The standard InChI is InChI=1S/C25H27ClN10O7S2/c1-10(22(39)40)43-33-15(14-18(26)45-25(28)32-14)19(37)31-16-20(38)36-17(23(41)42)11(9-44-21(16)36)7-34-5-3-13-12(8-34)30-24(27)35(13)6-4-29-2/h3,5,8,10,16,21,29H,4,6-7,9H2,1-2H3,(H6-,27,28,30,31,32,37,39,40,41,42)/p+1/t10-,16+,21?/m0/s1. The fraction of sp³-hybridized carbons (Fsp3) is 0.360. The Bertz CT molecular complexity index is 1770. The van der Waals surface area contributed by atoms with Crippen molar-refractivity contribution in [3.05, 3.63) is 39.8 Å². The summed E-state index contributed by atoms with van der Waals surface area (Å²) in [6, 6.07) is 0.723. The molecule has 17 nitrogen and oxygen atoms in total. The fourth-order valence-corrected chi connectivity index (χ4v) is 7.03. The van der Waals surface area contributed by atoms with Crippen LogP contribution in [-0.4, -0.2) is 96.0 Å². The van der Waals surface area contributed by atoms with Crippen molar-refractivity contribution >= 4 is 86.3 Å². The fourth-order valence-electron chi connectivity index (χ4n) is 4.76. The van der Waals surface area contributed by atoms with Gasteiger partial charge in [-0.3, -0.25) is 14.5 Å². The van der Waals surface area contributed by atoms with E-state index in [4.69, 9.17) is 33.0 Å². The number of rotatable bonds is 12. The SMILES string of the molecule is CNCCn1c(N)nc2c[n+](CC3=C(C(=O)O)N4C(=O)[C@@H](NC(=O)C(=NO[C@@H](C)C(=O)O)c5nc(N)sc5Cl)C4SC3)ccc21. The third-order valence-electron chi connectivity index (χ3n) is 6.96. The Kier molecular flexibility index (Phi) is 9.14. The number of aromatic nitrogens is 4. The topological polar surface area (TPSA) is 244 Å². The van der Waals surface area contributed by atoms with Crippen LogP contribution in [0.1, 0.15) is 12.6 Å². The number of carboxylic acids is 2. The van der Waals surface area contributed by atoms with Crippen LogP contribution in [-0.2, 0) is 37.1 Å². The van der Waals surface area contributed by atoms with Gasteiger partial charge in [-0.25, -0.2) is 19.6 Å². The monoisotopic (exact) mass is 679 g/mol. The number of carboxylic acid groups (broad SMARTS) is 2. The van der Waals surface area contributed by atoms with Crippen molar-refractivity contribution < 1.29 is 38.8 Å². The lowest BCUT2D eigenvalue weighted by molar-refractivity contribution is -0.687. The highest BCUT2D eigenvalue weighted by Gasteiger charge is 2.55. The number of hydrogen-bond donors (Lipinski definition) is 6. The normalized spacial score (nSPS) is 18.9. The number of hydrogen-bond acceptors (Lipinski definition) is 13. The molecule has 0 saturated carbocycles. The van der Waals surface area contributed by atoms with E-state index < -0.39 is 47.0 Å². The molecule has 3 aromatic rings. The van der Waals surface area contributed by atoms with Crippen LogP contribution in [0.2, 0.25) is 4.34 Å². The van der Waals surface area contributed by atoms with E-state index in [9.17, 15) is 24.3 Å². The van der Waals surface area contributed by atoms with Gasteiger partial charge in [-0.2, -0.15) is 4.57 Å².